The Hall–Kier alpha value is -2.22. The van der Waals surface area contributed by atoms with Crippen LogP contribution < -0.4 is 5.73 Å². The number of esters is 1. The lowest BCUT2D eigenvalue weighted by Gasteiger charge is -2.29. The van der Waals surface area contributed by atoms with Crippen LogP contribution in [0.5, 0.6) is 0 Å². The number of hydrogen-bond acceptors (Lipinski definition) is 4. The van der Waals surface area contributed by atoms with Crippen molar-refractivity contribution in [1.82, 2.24) is 4.98 Å². The standard InChI is InChI=1S/C15H14F4N2O2/c1-2-23-13(22)14(20,15(17,18)19)8-11-5-3-9-7-10(16)4-6-12(9)21-11/h3-7H,2,8,20H2,1H3/t14-/m1/s1. The third-order valence-corrected chi connectivity index (χ3v) is 3.31. The van der Waals surface area contributed by atoms with Crippen molar-refractivity contribution in [3.63, 3.8) is 0 Å². The predicted octanol–water partition coefficient (Wildman–Crippen LogP) is 2.74. The summed E-state index contributed by atoms with van der Waals surface area (Å²) in [6, 6.07) is 6.38. The van der Waals surface area contributed by atoms with Crippen LogP contribution in [-0.2, 0) is 16.0 Å². The van der Waals surface area contributed by atoms with Gasteiger partial charge in [0.25, 0.3) is 0 Å². The summed E-state index contributed by atoms with van der Waals surface area (Å²) in [4.78, 5) is 15.7. The minimum Gasteiger partial charge on any atom is -0.464 e. The number of rotatable bonds is 4. The molecule has 0 saturated heterocycles. The minimum absolute atomic E-state index is 0.0445. The molecule has 2 N–H and O–H groups in total. The Bertz CT molecular complexity index is 733. The number of carbonyl (C=O) groups is 1. The number of alkyl halides is 3. The molecule has 124 valence electrons. The number of nitrogens with two attached hydrogens (primary N) is 1. The topological polar surface area (TPSA) is 65.2 Å². The van der Waals surface area contributed by atoms with Crippen molar-refractivity contribution in [2.75, 3.05) is 6.61 Å². The Morgan fingerprint density at radius 3 is 2.57 bits per heavy atom. The van der Waals surface area contributed by atoms with E-state index >= 15 is 0 Å². The van der Waals surface area contributed by atoms with Crippen LogP contribution in [0.25, 0.3) is 10.9 Å². The molecule has 1 atom stereocenters. The summed E-state index contributed by atoms with van der Waals surface area (Å²) >= 11 is 0. The van der Waals surface area contributed by atoms with Gasteiger partial charge in [0.2, 0.25) is 5.54 Å². The molecule has 23 heavy (non-hydrogen) atoms. The van der Waals surface area contributed by atoms with Gasteiger partial charge in [-0.3, -0.25) is 4.98 Å². The Morgan fingerprint density at radius 2 is 1.96 bits per heavy atom. The predicted molar refractivity (Wildman–Crippen MR) is 75.0 cm³/mol. The van der Waals surface area contributed by atoms with E-state index in [0.29, 0.717) is 10.9 Å². The van der Waals surface area contributed by atoms with Gasteiger partial charge in [0.1, 0.15) is 5.82 Å². The second-order valence-electron chi connectivity index (χ2n) is 5.01. The van der Waals surface area contributed by atoms with Crippen LogP contribution in [-0.4, -0.2) is 29.3 Å². The average Bonchev–Trinajstić information content (AvgIpc) is 2.46. The quantitative estimate of drug-likeness (QED) is 0.691. The summed E-state index contributed by atoms with van der Waals surface area (Å²) in [6.07, 6.45) is -5.87. The average molecular weight is 330 g/mol. The zero-order valence-corrected chi connectivity index (χ0v) is 12.2. The molecule has 0 fully saturated rings. The molecule has 1 aromatic heterocycles. The lowest BCUT2D eigenvalue weighted by molar-refractivity contribution is -0.205. The molecule has 0 aliphatic carbocycles. The third kappa shape index (κ3) is 3.42. The number of fused-ring (bicyclic) bond motifs is 1. The molecule has 2 aromatic rings. The van der Waals surface area contributed by atoms with Crippen LogP contribution in [0.3, 0.4) is 0 Å². The van der Waals surface area contributed by atoms with Crippen molar-refractivity contribution >= 4 is 16.9 Å². The van der Waals surface area contributed by atoms with Crippen molar-refractivity contribution < 1.29 is 27.1 Å². The van der Waals surface area contributed by atoms with Crippen LogP contribution in [0.15, 0.2) is 30.3 Å². The molecule has 0 saturated carbocycles. The smallest absolute Gasteiger partial charge is 0.417 e. The maximum absolute atomic E-state index is 13.2. The maximum atomic E-state index is 13.2. The van der Waals surface area contributed by atoms with Crippen LogP contribution in [0.2, 0.25) is 0 Å². The van der Waals surface area contributed by atoms with E-state index < -0.39 is 29.9 Å². The largest absolute Gasteiger partial charge is 0.464 e. The highest BCUT2D eigenvalue weighted by Gasteiger charge is 2.59. The molecular formula is C15H14F4N2O2. The summed E-state index contributed by atoms with van der Waals surface area (Å²) < 4.78 is 57.2. The molecule has 0 amide bonds. The highest BCUT2D eigenvalue weighted by atomic mass is 19.4. The van der Waals surface area contributed by atoms with Crippen LogP contribution >= 0.6 is 0 Å². The monoisotopic (exact) mass is 330 g/mol. The molecule has 2 rings (SSSR count). The summed E-state index contributed by atoms with van der Waals surface area (Å²) in [5.41, 5.74) is 2.37. The normalized spacial score (nSPS) is 14.5. The van der Waals surface area contributed by atoms with E-state index in [1.165, 1.54) is 31.2 Å². The first kappa shape index (κ1) is 17.1. The van der Waals surface area contributed by atoms with Gasteiger partial charge in [0.15, 0.2) is 0 Å². The molecule has 0 aliphatic rings. The minimum atomic E-state index is -5.00. The SMILES string of the molecule is CCOC(=O)[C@](N)(Cc1ccc2cc(F)ccc2n1)C(F)(F)F. The zero-order valence-electron chi connectivity index (χ0n) is 12.2. The Morgan fingerprint density at radius 1 is 1.26 bits per heavy atom. The number of ether oxygens (including phenoxy) is 1. The van der Waals surface area contributed by atoms with E-state index in [2.05, 4.69) is 9.72 Å². The van der Waals surface area contributed by atoms with E-state index in [9.17, 15) is 22.4 Å². The van der Waals surface area contributed by atoms with Gasteiger partial charge in [-0.2, -0.15) is 13.2 Å². The first-order valence-electron chi connectivity index (χ1n) is 6.75. The van der Waals surface area contributed by atoms with Crippen molar-refractivity contribution in [3.05, 3.63) is 41.8 Å². The molecule has 0 bridgehead atoms. The fourth-order valence-corrected chi connectivity index (χ4v) is 2.07. The van der Waals surface area contributed by atoms with Gasteiger partial charge in [-0.1, -0.05) is 6.07 Å². The van der Waals surface area contributed by atoms with Gasteiger partial charge in [-0.25, -0.2) is 9.18 Å². The summed E-state index contributed by atoms with van der Waals surface area (Å²) in [7, 11) is 0. The molecule has 1 aromatic carbocycles. The molecule has 0 unspecified atom stereocenters. The lowest BCUT2D eigenvalue weighted by atomic mass is 9.93. The van der Waals surface area contributed by atoms with Crippen molar-refractivity contribution in [2.45, 2.75) is 25.1 Å². The maximum Gasteiger partial charge on any atom is 0.417 e. The fraction of sp³-hybridized carbons (Fsp3) is 0.333. The second kappa shape index (κ2) is 6.11. The van der Waals surface area contributed by atoms with Crippen LogP contribution in [0, 0.1) is 5.82 Å². The molecule has 1 heterocycles. The number of halogens is 4. The summed E-state index contributed by atoms with van der Waals surface area (Å²) in [5.74, 6) is -2.05. The van der Waals surface area contributed by atoms with E-state index in [1.807, 2.05) is 0 Å². The number of hydrogen-bond donors (Lipinski definition) is 1. The second-order valence-corrected chi connectivity index (χ2v) is 5.01. The van der Waals surface area contributed by atoms with E-state index in [1.54, 1.807) is 0 Å². The molecule has 4 nitrogen and oxygen atoms in total. The van der Waals surface area contributed by atoms with E-state index in [0.717, 1.165) is 6.07 Å². The van der Waals surface area contributed by atoms with Gasteiger partial charge in [-0.05, 0) is 31.2 Å². The first-order chi connectivity index (χ1) is 10.7. The molecule has 8 heteroatoms. The Labute approximate surface area is 129 Å². The first-order valence-corrected chi connectivity index (χ1v) is 6.75. The Kier molecular flexibility index (Phi) is 4.56. The highest BCUT2D eigenvalue weighted by Crippen LogP contribution is 2.32. The van der Waals surface area contributed by atoms with Crippen molar-refractivity contribution in [3.8, 4) is 0 Å². The summed E-state index contributed by atoms with van der Waals surface area (Å²) in [6.45, 7) is 1.16. The zero-order chi connectivity index (χ0) is 17.3. The summed E-state index contributed by atoms with van der Waals surface area (Å²) in [5, 5.41) is 0.430. The van der Waals surface area contributed by atoms with Crippen LogP contribution in [0.1, 0.15) is 12.6 Å². The number of nitrogens with zero attached hydrogens (tertiary/aromatic N) is 1. The van der Waals surface area contributed by atoms with Crippen molar-refractivity contribution in [1.29, 1.82) is 0 Å². The Balaban J connectivity index is 2.40. The van der Waals surface area contributed by atoms with Gasteiger partial charge in [0.05, 0.1) is 12.1 Å². The molecule has 0 radical (unpaired) electrons. The molecule has 0 aliphatic heterocycles. The highest BCUT2D eigenvalue weighted by molar-refractivity contribution is 5.83. The molecule has 0 spiro atoms. The van der Waals surface area contributed by atoms with Gasteiger partial charge >= 0.3 is 12.1 Å². The van der Waals surface area contributed by atoms with Crippen molar-refractivity contribution in [2.24, 2.45) is 5.73 Å². The third-order valence-electron chi connectivity index (χ3n) is 3.31. The van der Waals surface area contributed by atoms with Gasteiger partial charge in [-0.15, -0.1) is 0 Å². The number of aromatic nitrogens is 1. The number of pyridine rings is 1. The number of carbonyl (C=O) groups excluding carboxylic acids is 1. The fourth-order valence-electron chi connectivity index (χ4n) is 2.07. The molecular weight excluding hydrogens is 316 g/mol. The lowest BCUT2D eigenvalue weighted by Crippen LogP contribution is -2.61. The van der Waals surface area contributed by atoms with Gasteiger partial charge < -0.3 is 10.5 Å². The van der Waals surface area contributed by atoms with E-state index in [4.69, 9.17) is 5.73 Å². The van der Waals surface area contributed by atoms with Gasteiger partial charge in [0, 0.05) is 17.5 Å². The van der Waals surface area contributed by atoms with Crippen LogP contribution in [0.4, 0.5) is 17.6 Å². The van der Waals surface area contributed by atoms with E-state index in [-0.39, 0.29) is 12.3 Å². The number of benzene rings is 1.